The molecule has 1 atom stereocenters. The van der Waals surface area contributed by atoms with Crippen LogP contribution in [0.4, 0.5) is 0 Å². The smallest absolute Gasteiger partial charge is 0.274 e. The largest absolute Gasteiger partial charge is 0.497 e. The summed E-state index contributed by atoms with van der Waals surface area (Å²) in [6.07, 6.45) is 4.66. The van der Waals surface area contributed by atoms with E-state index in [1.54, 1.807) is 16.7 Å². The van der Waals surface area contributed by atoms with Crippen LogP contribution in [0.15, 0.2) is 24.3 Å². The number of amides is 3. The van der Waals surface area contributed by atoms with Crippen LogP contribution in [0.3, 0.4) is 0 Å². The highest BCUT2D eigenvalue weighted by atomic mass is 16.5. The van der Waals surface area contributed by atoms with Crippen LogP contribution in [-0.4, -0.2) is 70.1 Å². The molecule has 2 aliphatic heterocycles. The normalized spacial score (nSPS) is 19.8. The molecule has 2 fully saturated rings. The molecule has 0 bridgehead atoms. The number of rotatable bonds is 6. The molecule has 9 heteroatoms. The van der Waals surface area contributed by atoms with E-state index in [0.29, 0.717) is 50.8 Å². The molecule has 1 saturated heterocycles. The Labute approximate surface area is 205 Å². The number of hydrogen-bond donors (Lipinski definition) is 1. The van der Waals surface area contributed by atoms with E-state index in [1.165, 1.54) is 0 Å². The summed E-state index contributed by atoms with van der Waals surface area (Å²) in [6, 6.07) is 7.82. The van der Waals surface area contributed by atoms with Crippen LogP contribution in [0.25, 0.3) is 0 Å². The van der Waals surface area contributed by atoms with Crippen LogP contribution in [-0.2, 0) is 36.0 Å². The summed E-state index contributed by atoms with van der Waals surface area (Å²) in [5.41, 5.74) is 3.17. The average molecular weight is 480 g/mol. The van der Waals surface area contributed by atoms with Crippen molar-refractivity contribution in [1.29, 1.82) is 0 Å². The van der Waals surface area contributed by atoms with Gasteiger partial charge in [0.15, 0.2) is 5.69 Å². The van der Waals surface area contributed by atoms with Crippen molar-refractivity contribution in [3.63, 3.8) is 0 Å². The Morgan fingerprint density at radius 3 is 2.57 bits per heavy atom. The highest BCUT2D eigenvalue weighted by molar-refractivity contribution is 5.95. The summed E-state index contributed by atoms with van der Waals surface area (Å²) in [6.45, 7) is 2.02. The first-order valence-corrected chi connectivity index (χ1v) is 12.5. The first-order valence-electron chi connectivity index (χ1n) is 12.5. The maximum Gasteiger partial charge on any atom is 0.274 e. The molecule has 3 amide bonds. The summed E-state index contributed by atoms with van der Waals surface area (Å²) in [5, 5.41) is 7.64. The van der Waals surface area contributed by atoms with Crippen molar-refractivity contribution in [2.24, 2.45) is 13.0 Å². The van der Waals surface area contributed by atoms with E-state index in [-0.39, 0.29) is 23.6 Å². The SMILES string of the molecule is COc1ccc(CC(=O)N2CCc3c(c(C(=O)N4CCC[C@H](C(=O)NC5CC5)C4)nn3C)C2)cc1. The van der Waals surface area contributed by atoms with E-state index in [0.717, 1.165) is 48.3 Å². The lowest BCUT2D eigenvalue weighted by Gasteiger charge is -2.32. The second kappa shape index (κ2) is 9.71. The van der Waals surface area contributed by atoms with Crippen molar-refractivity contribution in [2.75, 3.05) is 26.7 Å². The van der Waals surface area contributed by atoms with E-state index in [2.05, 4.69) is 10.4 Å². The average Bonchev–Trinajstić information content (AvgIpc) is 3.64. The van der Waals surface area contributed by atoms with Gasteiger partial charge in [-0.05, 0) is 43.4 Å². The predicted molar refractivity (Wildman–Crippen MR) is 129 cm³/mol. The van der Waals surface area contributed by atoms with Crippen molar-refractivity contribution >= 4 is 17.7 Å². The van der Waals surface area contributed by atoms with Crippen molar-refractivity contribution in [1.82, 2.24) is 24.9 Å². The van der Waals surface area contributed by atoms with Gasteiger partial charge >= 0.3 is 0 Å². The molecule has 3 aliphatic rings. The third-order valence-corrected chi connectivity index (χ3v) is 7.32. The monoisotopic (exact) mass is 479 g/mol. The van der Waals surface area contributed by atoms with E-state index >= 15 is 0 Å². The number of aromatic nitrogens is 2. The fourth-order valence-corrected chi connectivity index (χ4v) is 5.08. The second-order valence-corrected chi connectivity index (χ2v) is 9.86. The molecular weight excluding hydrogens is 446 g/mol. The lowest BCUT2D eigenvalue weighted by atomic mass is 9.96. The molecule has 35 heavy (non-hydrogen) atoms. The summed E-state index contributed by atoms with van der Waals surface area (Å²) < 4.78 is 6.97. The van der Waals surface area contributed by atoms with Gasteiger partial charge in [0.25, 0.3) is 5.91 Å². The van der Waals surface area contributed by atoms with Crippen LogP contribution >= 0.6 is 0 Å². The number of aryl methyl sites for hydroxylation is 1. The lowest BCUT2D eigenvalue weighted by Crippen LogP contribution is -2.46. The molecule has 9 nitrogen and oxygen atoms in total. The van der Waals surface area contributed by atoms with Crippen LogP contribution in [0, 0.1) is 5.92 Å². The van der Waals surface area contributed by atoms with E-state index in [4.69, 9.17) is 4.74 Å². The number of carbonyl (C=O) groups excluding carboxylic acids is 3. The minimum Gasteiger partial charge on any atom is -0.497 e. The molecule has 3 heterocycles. The quantitative estimate of drug-likeness (QED) is 0.680. The van der Waals surface area contributed by atoms with Gasteiger partial charge in [0.1, 0.15) is 5.75 Å². The van der Waals surface area contributed by atoms with Gasteiger partial charge in [0.05, 0.1) is 19.4 Å². The Morgan fingerprint density at radius 1 is 1.09 bits per heavy atom. The Balaban J connectivity index is 1.27. The van der Waals surface area contributed by atoms with Gasteiger partial charge in [0.2, 0.25) is 11.8 Å². The van der Waals surface area contributed by atoms with Gasteiger partial charge in [-0.3, -0.25) is 19.1 Å². The maximum absolute atomic E-state index is 13.5. The van der Waals surface area contributed by atoms with Gasteiger partial charge in [0, 0.05) is 56.9 Å². The Hall–Kier alpha value is -3.36. The highest BCUT2D eigenvalue weighted by Gasteiger charge is 2.35. The fourth-order valence-electron chi connectivity index (χ4n) is 5.08. The van der Waals surface area contributed by atoms with Crippen molar-refractivity contribution in [3.05, 3.63) is 46.8 Å². The van der Waals surface area contributed by atoms with Gasteiger partial charge in [-0.25, -0.2) is 0 Å². The maximum atomic E-state index is 13.5. The number of hydrogen-bond acceptors (Lipinski definition) is 5. The number of piperidine rings is 1. The number of ether oxygens (including phenoxy) is 1. The Kier molecular flexibility index (Phi) is 6.49. The number of fused-ring (bicyclic) bond motifs is 1. The number of carbonyl (C=O) groups is 3. The zero-order valence-electron chi connectivity index (χ0n) is 20.5. The summed E-state index contributed by atoms with van der Waals surface area (Å²) in [5.74, 6) is 0.527. The Bertz CT molecular complexity index is 1120. The molecule has 1 N–H and O–H groups in total. The van der Waals surface area contributed by atoms with Crippen LogP contribution < -0.4 is 10.1 Å². The summed E-state index contributed by atoms with van der Waals surface area (Å²) in [7, 11) is 3.47. The zero-order valence-corrected chi connectivity index (χ0v) is 20.5. The minimum atomic E-state index is -0.171. The van der Waals surface area contributed by atoms with Crippen LogP contribution in [0.1, 0.15) is 53.0 Å². The standard InChI is InChI=1S/C26H33N5O4/c1-29-22-11-13-30(23(32)14-17-5-9-20(35-2)10-6-17)16-21(22)24(28-29)26(34)31-12-3-4-18(15-31)25(33)27-19-7-8-19/h5-6,9-10,18-19H,3-4,7-8,11-16H2,1-2H3,(H,27,33)/t18-/m0/s1. The third kappa shape index (κ3) is 5.04. The first-order chi connectivity index (χ1) is 16.9. The zero-order chi connectivity index (χ0) is 24.5. The number of nitrogens with zero attached hydrogens (tertiary/aromatic N) is 4. The van der Waals surface area contributed by atoms with E-state index in [9.17, 15) is 14.4 Å². The molecule has 2 aromatic rings. The molecular formula is C26H33N5O4. The van der Waals surface area contributed by atoms with Gasteiger partial charge in [-0.1, -0.05) is 12.1 Å². The fraction of sp³-hybridized carbons (Fsp3) is 0.538. The Morgan fingerprint density at radius 2 is 1.86 bits per heavy atom. The number of likely N-dealkylation sites (tertiary alicyclic amines) is 1. The molecule has 5 rings (SSSR count). The number of methoxy groups -OCH3 is 1. The lowest BCUT2D eigenvalue weighted by molar-refractivity contribution is -0.131. The van der Waals surface area contributed by atoms with Crippen molar-refractivity contribution in [2.45, 2.75) is 51.1 Å². The van der Waals surface area contributed by atoms with Crippen molar-refractivity contribution < 1.29 is 19.1 Å². The second-order valence-electron chi connectivity index (χ2n) is 9.86. The molecule has 1 aliphatic carbocycles. The molecule has 1 saturated carbocycles. The molecule has 0 radical (unpaired) electrons. The predicted octanol–water partition coefficient (Wildman–Crippen LogP) is 1.69. The van der Waals surface area contributed by atoms with Crippen LogP contribution in [0.2, 0.25) is 0 Å². The number of benzene rings is 1. The molecule has 0 unspecified atom stereocenters. The molecule has 0 spiro atoms. The van der Waals surface area contributed by atoms with Gasteiger partial charge in [-0.2, -0.15) is 5.10 Å². The molecule has 1 aromatic heterocycles. The van der Waals surface area contributed by atoms with Crippen LogP contribution in [0.5, 0.6) is 5.75 Å². The topological polar surface area (TPSA) is 96.8 Å². The minimum absolute atomic E-state index is 0.0258. The molecule has 1 aromatic carbocycles. The molecule has 186 valence electrons. The first kappa shape index (κ1) is 23.4. The number of nitrogens with one attached hydrogen (secondary N) is 1. The van der Waals surface area contributed by atoms with Gasteiger partial charge < -0.3 is 19.9 Å². The van der Waals surface area contributed by atoms with E-state index in [1.807, 2.05) is 36.2 Å². The van der Waals surface area contributed by atoms with Crippen molar-refractivity contribution in [3.8, 4) is 5.75 Å². The van der Waals surface area contributed by atoms with Gasteiger partial charge in [-0.15, -0.1) is 0 Å². The van der Waals surface area contributed by atoms with E-state index < -0.39 is 0 Å². The highest BCUT2D eigenvalue weighted by Crippen LogP contribution is 2.27. The summed E-state index contributed by atoms with van der Waals surface area (Å²) >= 11 is 0. The summed E-state index contributed by atoms with van der Waals surface area (Å²) in [4.78, 5) is 42.7. The third-order valence-electron chi connectivity index (χ3n) is 7.32.